The molecule has 0 aromatic heterocycles. The number of ether oxygens (including phenoxy) is 3. The van der Waals surface area contributed by atoms with Crippen LogP contribution in [-0.2, 0) is 14.3 Å². The van der Waals surface area contributed by atoms with E-state index in [-0.39, 0.29) is 11.5 Å². The normalized spacial score (nSPS) is 11.0. The second kappa shape index (κ2) is 13.0. The van der Waals surface area contributed by atoms with Crippen LogP contribution in [0.2, 0.25) is 0 Å². The third kappa shape index (κ3) is 8.30. The van der Waals surface area contributed by atoms with E-state index in [1.165, 1.54) is 0 Å². The molecular formula is C26H30O6. The van der Waals surface area contributed by atoms with Crippen LogP contribution >= 0.6 is 0 Å². The van der Waals surface area contributed by atoms with Crippen LogP contribution < -0.4 is 9.47 Å². The van der Waals surface area contributed by atoms with Crippen molar-refractivity contribution in [3.05, 3.63) is 71.8 Å². The van der Waals surface area contributed by atoms with Crippen molar-refractivity contribution in [1.29, 1.82) is 0 Å². The lowest BCUT2D eigenvalue weighted by atomic mass is 10.0. The van der Waals surface area contributed by atoms with Crippen molar-refractivity contribution in [3.8, 4) is 11.5 Å². The molecule has 170 valence electrons. The highest BCUT2D eigenvalue weighted by atomic mass is 16.5. The monoisotopic (exact) mass is 438 g/mol. The average Bonchev–Trinajstić information content (AvgIpc) is 2.79. The van der Waals surface area contributed by atoms with Crippen LogP contribution in [0.5, 0.6) is 11.5 Å². The Morgan fingerprint density at radius 1 is 0.906 bits per heavy atom. The number of methoxy groups -OCH3 is 1. The molecule has 0 fully saturated rings. The van der Waals surface area contributed by atoms with Crippen molar-refractivity contribution in [2.75, 3.05) is 20.3 Å². The summed E-state index contributed by atoms with van der Waals surface area (Å²) >= 11 is 0. The van der Waals surface area contributed by atoms with Crippen LogP contribution in [0.15, 0.2) is 60.7 Å². The van der Waals surface area contributed by atoms with Crippen LogP contribution in [0.25, 0.3) is 11.6 Å². The van der Waals surface area contributed by atoms with E-state index in [4.69, 9.17) is 14.2 Å². The highest BCUT2D eigenvalue weighted by molar-refractivity contribution is 6.20. The molecule has 0 amide bonds. The molecule has 0 atom stereocenters. The van der Waals surface area contributed by atoms with Gasteiger partial charge in [0.2, 0.25) is 0 Å². The molecule has 0 bridgehead atoms. The van der Waals surface area contributed by atoms with Crippen molar-refractivity contribution in [3.63, 3.8) is 0 Å². The molecule has 0 saturated heterocycles. The molecule has 6 nitrogen and oxygen atoms in total. The topological polar surface area (TPSA) is 82.1 Å². The summed E-state index contributed by atoms with van der Waals surface area (Å²) in [6.45, 7) is 6.15. The first kappa shape index (κ1) is 24.7. The van der Waals surface area contributed by atoms with Crippen molar-refractivity contribution >= 4 is 23.6 Å². The zero-order valence-electron chi connectivity index (χ0n) is 18.6. The van der Waals surface area contributed by atoms with E-state index < -0.39 is 5.97 Å². The molecule has 32 heavy (non-hydrogen) atoms. The quantitative estimate of drug-likeness (QED) is 0.196. The number of aliphatic carboxylic acids is 1. The number of hydrogen-bond donors (Lipinski definition) is 1. The zero-order valence-corrected chi connectivity index (χ0v) is 18.6. The minimum absolute atomic E-state index is 0.203. The number of carboxylic acid groups (broad SMARTS) is 1. The number of carboxylic acids is 1. The predicted octanol–water partition coefficient (Wildman–Crippen LogP) is 5.38. The lowest BCUT2D eigenvalue weighted by Gasteiger charge is -2.08. The first-order chi connectivity index (χ1) is 15.4. The molecule has 0 heterocycles. The van der Waals surface area contributed by atoms with Crippen molar-refractivity contribution in [2.45, 2.75) is 32.6 Å². The smallest absolute Gasteiger partial charge is 0.336 e. The highest BCUT2D eigenvalue weighted by Gasteiger charge is 2.11. The zero-order chi connectivity index (χ0) is 23.3. The highest BCUT2D eigenvalue weighted by Crippen LogP contribution is 2.23. The Kier molecular flexibility index (Phi) is 10.0. The minimum atomic E-state index is -0.997. The lowest BCUT2D eigenvalue weighted by molar-refractivity contribution is -0.139. The van der Waals surface area contributed by atoms with Gasteiger partial charge >= 0.3 is 11.9 Å². The van der Waals surface area contributed by atoms with Gasteiger partial charge in [-0.25, -0.2) is 9.59 Å². The molecule has 1 N–H and O–H groups in total. The lowest BCUT2D eigenvalue weighted by Crippen LogP contribution is -2.06. The fourth-order valence-electron chi connectivity index (χ4n) is 2.90. The molecule has 6 heteroatoms. The molecule has 2 aromatic carbocycles. The summed E-state index contributed by atoms with van der Waals surface area (Å²) in [5, 5.41) is 9.62. The van der Waals surface area contributed by atoms with Gasteiger partial charge < -0.3 is 19.3 Å². The van der Waals surface area contributed by atoms with Crippen molar-refractivity contribution in [2.24, 2.45) is 0 Å². The Morgan fingerprint density at radius 3 is 2.06 bits per heavy atom. The van der Waals surface area contributed by atoms with Gasteiger partial charge in [0.15, 0.2) is 0 Å². The van der Waals surface area contributed by atoms with Crippen LogP contribution in [0.3, 0.4) is 0 Å². The maximum Gasteiger partial charge on any atom is 0.336 e. The second-order valence-electron chi connectivity index (χ2n) is 7.34. The first-order valence-corrected chi connectivity index (χ1v) is 10.6. The summed E-state index contributed by atoms with van der Waals surface area (Å²) in [7, 11) is 1.59. The van der Waals surface area contributed by atoms with Gasteiger partial charge in [0, 0.05) is 5.57 Å². The average molecular weight is 439 g/mol. The summed E-state index contributed by atoms with van der Waals surface area (Å²) in [5.41, 5.74) is 1.99. The van der Waals surface area contributed by atoms with Gasteiger partial charge in [-0.15, -0.1) is 0 Å². The molecule has 2 aromatic rings. The fraction of sp³-hybridized carbons (Fsp3) is 0.308. The first-order valence-electron chi connectivity index (χ1n) is 10.6. The number of carbonyl (C=O) groups is 2. The number of carbonyl (C=O) groups excluding carboxylic acids is 1. The van der Waals surface area contributed by atoms with E-state index in [0.29, 0.717) is 35.8 Å². The number of benzene rings is 2. The van der Waals surface area contributed by atoms with E-state index in [2.05, 4.69) is 6.58 Å². The summed E-state index contributed by atoms with van der Waals surface area (Å²) in [6, 6.07) is 14.2. The Bertz CT molecular complexity index is 926. The van der Waals surface area contributed by atoms with Crippen LogP contribution in [-0.4, -0.2) is 37.4 Å². The van der Waals surface area contributed by atoms with E-state index in [9.17, 15) is 14.7 Å². The Hall–Kier alpha value is -3.54. The third-order valence-electron chi connectivity index (χ3n) is 4.71. The van der Waals surface area contributed by atoms with E-state index in [1.54, 1.807) is 56.5 Å². The van der Waals surface area contributed by atoms with Crippen molar-refractivity contribution in [1.82, 2.24) is 0 Å². The predicted molar refractivity (Wildman–Crippen MR) is 125 cm³/mol. The van der Waals surface area contributed by atoms with Gasteiger partial charge in [-0.1, -0.05) is 30.8 Å². The van der Waals surface area contributed by atoms with Gasteiger partial charge in [0.05, 0.1) is 25.9 Å². The molecule has 0 aliphatic carbocycles. The molecule has 0 radical (unpaired) electrons. The Morgan fingerprint density at radius 2 is 1.50 bits per heavy atom. The summed E-state index contributed by atoms with van der Waals surface area (Å²) in [6.07, 6.45) is 5.24. The van der Waals surface area contributed by atoms with Crippen molar-refractivity contribution < 1.29 is 28.9 Å². The van der Waals surface area contributed by atoms with Crippen LogP contribution in [0.4, 0.5) is 0 Å². The number of esters is 1. The maximum absolute atomic E-state index is 11.7. The van der Waals surface area contributed by atoms with E-state index >= 15 is 0 Å². The van der Waals surface area contributed by atoms with E-state index in [1.807, 2.05) is 12.1 Å². The molecule has 0 saturated carbocycles. The van der Waals surface area contributed by atoms with Gasteiger partial charge in [0.1, 0.15) is 11.5 Å². The molecular weight excluding hydrogens is 408 g/mol. The van der Waals surface area contributed by atoms with Crippen LogP contribution in [0, 0.1) is 0 Å². The SMILES string of the molecule is C=C(C)C(=O)OCCCCCCOc1ccc(/C(=C\c2ccc(OC)cc2)C(=O)O)cc1. The second-order valence-corrected chi connectivity index (χ2v) is 7.34. The summed E-state index contributed by atoms with van der Waals surface area (Å²) < 4.78 is 15.9. The Labute approximate surface area is 189 Å². The third-order valence-corrected chi connectivity index (χ3v) is 4.71. The number of rotatable bonds is 13. The summed E-state index contributed by atoms with van der Waals surface area (Å²) in [5.74, 6) is 0.0650. The number of unbranched alkanes of at least 4 members (excludes halogenated alkanes) is 3. The fourth-order valence-corrected chi connectivity index (χ4v) is 2.90. The molecule has 0 unspecified atom stereocenters. The summed E-state index contributed by atoms with van der Waals surface area (Å²) in [4.78, 5) is 23.0. The minimum Gasteiger partial charge on any atom is -0.497 e. The van der Waals surface area contributed by atoms with Crippen LogP contribution in [0.1, 0.15) is 43.7 Å². The molecule has 0 aliphatic rings. The van der Waals surface area contributed by atoms with Gasteiger partial charge in [-0.3, -0.25) is 0 Å². The van der Waals surface area contributed by atoms with E-state index in [0.717, 1.165) is 31.2 Å². The largest absolute Gasteiger partial charge is 0.497 e. The maximum atomic E-state index is 11.7. The molecule has 0 aliphatic heterocycles. The Balaban J connectivity index is 1.79. The number of hydrogen-bond acceptors (Lipinski definition) is 5. The standard InChI is InChI=1S/C26H30O6/c1-19(2)26(29)32-17-7-5-4-6-16-31-23-14-10-21(11-15-23)24(25(27)28)18-20-8-12-22(30-3)13-9-20/h8-15,18H,1,4-7,16-17H2,2-3H3,(H,27,28)/b24-18+. The van der Waals surface area contributed by atoms with Gasteiger partial charge in [-0.2, -0.15) is 0 Å². The van der Waals surface area contributed by atoms with Gasteiger partial charge in [-0.05, 0) is 74.1 Å². The molecule has 0 spiro atoms. The molecule has 2 rings (SSSR count). The van der Waals surface area contributed by atoms with Gasteiger partial charge in [0.25, 0.3) is 0 Å².